The summed E-state index contributed by atoms with van der Waals surface area (Å²) in [7, 11) is 1.53. The van der Waals surface area contributed by atoms with Crippen molar-refractivity contribution in [3.8, 4) is 0 Å². The van der Waals surface area contributed by atoms with Crippen LogP contribution in [0.3, 0.4) is 0 Å². The van der Waals surface area contributed by atoms with Crippen LogP contribution in [0.2, 0.25) is 0 Å². The Hall–Kier alpha value is -4.66. The zero-order valence-corrected chi connectivity index (χ0v) is 29.0. The highest BCUT2D eigenvalue weighted by Crippen LogP contribution is 2.27. The molecule has 3 atom stereocenters. The maximum absolute atomic E-state index is 14.4. The predicted octanol–water partition coefficient (Wildman–Crippen LogP) is 6.01. The van der Waals surface area contributed by atoms with Crippen molar-refractivity contribution in [1.29, 1.82) is 0 Å². The number of carbonyl (C=O) groups is 4. The fourth-order valence-corrected chi connectivity index (χ4v) is 5.14. The Bertz CT molecular complexity index is 1530. The molecule has 0 bridgehead atoms. The summed E-state index contributed by atoms with van der Waals surface area (Å²) in [6, 6.07) is 21.0. The highest BCUT2D eigenvalue weighted by atomic mass is 16.6. The molecule has 0 radical (unpaired) electrons. The number of esters is 1. The molecule has 2 N–H and O–H groups in total. The van der Waals surface area contributed by atoms with Gasteiger partial charge in [0.25, 0.3) is 0 Å². The lowest BCUT2D eigenvalue weighted by atomic mass is 9.94. The van der Waals surface area contributed by atoms with Crippen LogP contribution in [0.4, 0.5) is 4.79 Å². The molecule has 3 aromatic carbocycles. The van der Waals surface area contributed by atoms with Crippen molar-refractivity contribution in [2.45, 2.75) is 97.6 Å². The molecule has 0 aliphatic carbocycles. The van der Waals surface area contributed by atoms with Gasteiger partial charge in [-0.2, -0.15) is 0 Å². The summed E-state index contributed by atoms with van der Waals surface area (Å²) in [5.74, 6) is -1.65. The molecule has 0 aromatic heterocycles. The van der Waals surface area contributed by atoms with Crippen LogP contribution in [0, 0.1) is 13.8 Å². The molecular weight excluding hydrogens is 594 g/mol. The highest BCUT2D eigenvalue weighted by molar-refractivity contribution is 5.94. The van der Waals surface area contributed by atoms with E-state index in [1.807, 2.05) is 86.6 Å². The summed E-state index contributed by atoms with van der Waals surface area (Å²) in [4.78, 5) is 56.4. The van der Waals surface area contributed by atoms with E-state index in [0.717, 1.165) is 22.3 Å². The molecule has 3 aromatic rings. The number of rotatable bonds is 11. The van der Waals surface area contributed by atoms with E-state index in [1.54, 1.807) is 47.6 Å². The Kier molecular flexibility index (Phi) is 12.3. The van der Waals surface area contributed by atoms with Gasteiger partial charge in [-0.3, -0.25) is 9.59 Å². The Morgan fingerprint density at radius 2 is 1.19 bits per heavy atom. The molecule has 252 valence electrons. The van der Waals surface area contributed by atoms with Crippen molar-refractivity contribution >= 4 is 23.9 Å². The molecule has 0 spiro atoms. The van der Waals surface area contributed by atoms with Crippen molar-refractivity contribution in [3.63, 3.8) is 0 Å². The van der Waals surface area contributed by atoms with E-state index < -0.39 is 53.2 Å². The maximum atomic E-state index is 14.4. The average molecular weight is 644 g/mol. The maximum Gasteiger partial charge on any atom is 0.408 e. The van der Waals surface area contributed by atoms with Crippen LogP contribution in [-0.2, 0) is 36.7 Å². The van der Waals surface area contributed by atoms with Gasteiger partial charge in [0.2, 0.25) is 11.8 Å². The number of benzene rings is 3. The van der Waals surface area contributed by atoms with Gasteiger partial charge in [-0.15, -0.1) is 0 Å². The summed E-state index contributed by atoms with van der Waals surface area (Å²) in [6.07, 6.45) is -0.394. The smallest absolute Gasteiger partial charge is 0.408 e. The SMILES string of the molecule is Cc1cccc(C(C(=O)NC(Cc2ccccc2)C(=O)OC(C)(C)C)N(C)C(=O)C(Cc2ccccc2)NC(=O)OC(C)(C)C)c1C. The zero-order chi connectivity index (χ0) is 34.9. The second kappa shape index (κ2) is 15.8. The quantitative estimate of drug-likeness (QED) is 0.248. The lowest BCUT2D eigenvalue weighted by molar-refractivity contribution is -0.159. The zero-order valence-electron chi connectivity index (χ0n) is 29.0. The van der Waals surface area contributed by atoms with Crippen LogP contribution in [0.15, 0.2) is 78.9 Å². The molecule has 0 saturated heterocycles. The van der Waals surface area contributed by atoms with E-state index in [1.165, 1.54) is 11.9 Å². The number of hydrogen-bond donors (Lipinski definition) is 2. The first-order chi connectivity index (χ1) is 21.9. The molecule has 0 aliphatic rings. The molecule has 3 rings (SSSR count). The Balaban J connectivity index is 2.03. The number of aryl methyl sites for hydroxylation is 1. The fourth-order valence-electron chi connectivity index (χ4n) is 5.14. The number of hydrogen-bond acceptors (Lipinski definition) is 6. The molecule has 0 saturated carbocycles. The Morgan fingerprint density at radius 1 is 0.681 bits per heavy atom. The van der Waals surface area contributed by atoms with E-state index in [0.29, 0.717) is 5.56 Å². The lowest BCUT2D eigenvalue weighted by Gasteiger charge is -2.33. The van der Waals surface area contributed by atoms with Crippen LogP contribution in [0.1, 0.15) is 75.4 Å². The minimum absolute atomic E-state index is 0.166. The summed E-state index contributed by atoms with van der Waals surface area (Å²) in [6.45, 7) is 14.3. The van der Waals surface area contributed by atoms with Crippen LogP contribution >= 0.6 is 0 Å². The molecule has 0 fully saturated rings. The second-order valence-electron chi connectivity index (χ2n) is 13.8. The number of ether oxygens (including phenoxy) is 2. The van der Waals surface area contributed by atoms with Gasteiger partial charge >= 0.3 is 12.1 Å². The largest absolute Gasteiger partial charge is 0.458 e. The number of nitrogens with zero attached hydrogens (tertiary/aromatic N) is 1. The molecular formula is C38H49N3O6. The third-order valence-corrected chi connectivity index (χ3v) is 7.49. The standard InChI is InChI=1S/C38H49N3O6/c1-25-17-16-22-29(26(25)2)32(33(42)39-31(35(44)46-37(3,4)5)24-28-20-14-11-15-21-28)41(9)34(43)30(23-27-18-12-10-13-19-27)40-36(45)47-38(6,7)8/h10-22,30-32H,23-24H2,1-9H3,(H,39,42)(H,40,45). The number of carbonyl (C=O) groups excluding carboxylic acids is 4. The van der Waals surface area contributed by atoms with E-state index >= 15 is 0 Å². The molecule has 0 aliphatic heterocycles. The average Bonchev–Trinajstić information content (AvgIpc) is 2.97. The fraction of sp³-hybridized carbons (Fsp3) is 0.421. The Morgan fingerprint density at radius 3 is 1.70 bits per heavy atom. The molecule has 3 amide bonds. The van der Waals surface area contributed by atoms with Gasteiger partial charge < -0.3 is 25.0 Å². The van der Waals surface area contributed by atoms with Gasteiger partial charge in [-0.05, 0) is 83.2 Å². The van der Waals surface area contributed by atoms with Crippen molar-refractivity contribution in [2.24, 2.45) is 0 Å². The van der Waals surface area contributed by atoms with Crippen molar-refractivity contribution < 1.29 is 28.7 Å². The molecule has 3 unspecified atom stereocenters. The summed E-state index contributed by atoms with van der Waals surface area (Å²) >= 11 is 0. The second-order valence-corrected chi connectivity index (χ2v) is 13.8. The van der Waals surface area contributed by atoms with Gasteiger partial charge in [0.05, 0.1) is 0 Å². The van der Waals surface area contributed by atoms with Gasteiger partial charge in [-0.1, -0.05) is 78.9 Å². The first kappa shape index (κ1) is 36.8. The Labute approximate surface area is 279 Å². The predicted molar refractivity (Wildman–Crippen MR) is 183 cm³/mol. The van der Waals surface area contributed by atoms with Crippen molar-refractivity contribution in [1.82, 2.24) is 15.5 Å². The van der Waals surface area contributed by atoms with Gasteiger partial charge in [0.15, 0.2) is 0 Å². The molecule has 47 heavy (non-hydrogen) atoms. The minimum Gasteiger partial charge on any atom is -0.458 e. The first-order valence-electron chi connectivity index (χ1n) is 15.9. The van der Waals surface area contributed by atoms with Crippen LogP contribution in [0.5, 0.6) is 0 Å². The van der Waals surface area contributed by atoms with E-state index in [9.17, 15) is 19.2 Å². The van der Waals surface area contributed by atoms with Gasteiger partial charge in [0.1, 0.15) is 29.3 Å². The molecule has 9 heteroatoms. The van der Waals surface area contributed by atoms with E-state index in [4.69, 9.17) is 9.47 Å². The number of alkyl carbamates (subject to hydrolysis) is 1. The van der Waals surface area contributed by atoms with Gasteiger partial charge in [0, 0.05) is 19.9 Å². The van der Waals surface area contributed by atoms with E-state index in [-0.39, 0.29) is 12.8 Å². The van der Waals surface area contributed by atoms with Crippen molar-refractivity contribution in [2.75, 3.05) is 7.05 Å². The molecule has 9 nitrogen and oxygen atoms in total. The number of nitrogens with one attached hydrogen (secondary N) is 2. The topological polar surface area (TPSA) is 114 Å². The highest BCUT2D eigenvalue weighted by Gasteiger charge is 2.37. The summed E-state index contributed by atoms with van der Waals surface area (Å²) in [5, 5.41) is 5.64. The summed E-state index contributed by atoms with van der Waals surface area (Å²) < 4.78 is 11.2. The van der Waals surface area contributed by atoms with E-state index in [2.05, 4.69) is 10.6 Å². The lowest BCUT2D eigenvalue weighted by Crippen LogP contribution is -2.54. The van der Waals surface area contributed by atoms with Gasteiger partial charge in [-0.25, -0.2) is 9.59 Å². The minimum atomic E-state index is -1.14. The summed E-state index contributed by atoms with van der Waals surface area (Å²) in [5.41, 5.74) is 2.43. The third kappa shape index (κ3) is 11.3. The van der Waals surface area contributed by atoms with Crippen LogP contribution in [-0.4, -0.2) is 59.1 Å². The first-order valence-corrected chi connectivity index (χ1v) is 15.9. The van der Waals surface area contributed by atoms with Crippen LogP contribution in [0.25, 0.3) is 0 Å². The number of amides is 3. The normalized spacial score (nSPS) is 13.5. The number of likely N-dealkylation sites (N-methyl/N-ethyl adjacent to an activating group) is 1. The van der Waals surface area contributed by atoms with Crippen molar-refractivity contribution in [3.05, 3.63) is 107 Å². The van der Waals surface area contributed by atoms with Crippen LogP contribution < -0.4 is 10.6 Å². The molecule has 0 heterocycles. The third-order valence-electron chi connectivity index (χ3n) is 7.49. The monoisotopic (exact) mass is 643 g/mol.